The Morgan fingerprint density at radius 3 is 2.70 bits per heavy atom. The zero-order valence-electron chi connectivity index (χ0n) is 16.4. The molecule has 2 rings (SSSR count). The molecule has 0 fully saturated rings. The summed E-state index contributed by atoms with van der Waals surface area (Å²) in [7, 11) is -1.67. The van der Waals surface area contributed by atoms with Gasteiger partial charge in [0.25, 0.3) is 0 Å². The summed E-state index contributed by atoms with van der Waals surface area (Å²) >= 11 is 0. The van der Waals surface area contributed by atoms with Gasteiger partial charge in [-0.3, -0.25) is 9.30 Å². The predicted octanol–water partition coefficient (Wildman–Crippen LogP) is 1.75. The highest BCUT2D eigenvalue weighted by molar-refractivity contribution is 7.92. The molecule has 0 unspecified atom stereocenters. The average molecular weight is 397 g/mol. The molecule has 0 saturated carbocycles. The van der Waals surface area contributed by atoms with E-state index in [9.17, 15) is 8.42 Å². The molecule has 0 amide bonds. The van der Waals surface area contributed by atoms with Gasteiger partial charge in [-0.15, -0.1) is 0 Å². The summed E-state index contributed by atoms with van der Waals surface area (Å²) in [5, 5.41) is 6.26. The number of fused-ring (bicyclic) bond motifs is 1. The Morgan fingerprint density at radius 1 is 1.19 bits per heavy atom. The highest BCUT2D eigenvalue weighted by atomic mass is 32.2. The molecular weight excluding hydrogens is 364 g/mol. The van der Waals surface area contributed by atoms with Crippen LogP contribution in [0, 0.1) is 0 Å². The molecule has 1 aliphatic rings. The van der Waals surface area contributed by atoms with Gasteiger partial charge in [0.1, 0.15) is 0 Å². The molecule has 8 heteroatoms. The number of sulfonamides is 1. The molecule has 7 nitrogen and oxygen atoms in total. The summed E-state index contributed by atoms with van der Waals surface area (Å²) in [5.41, 5.74) is 1.90. The normalized spacial score (nSPS) is 14.3. The Balaban J connectivity index is 1.70. The number of ether oxygens (including phenoxy) is 1. The maximum atomic E-state index is 12.7. The molecule has 27 heavy (non-hydrogen) atoms. The van der Waals surface area contributed by atoms with Crippen molar-refractivity contribution in [3.63, 3.8) is 0 Å². The largest absolute Gasteiger partial charge is 0.381 e. The molecule has 2 N–H and O–H groups in total. The van der Waals surface area contributed by atoms with Crippen molar-refractivity contribution in [2.24, 2.45) is 4.99 Å². The highest BCUT2D eigenvalue weighted by Gasteiger charge is 2.28. The smallest absolute Gasteiger partial charge is 0.236 e. The second kappa shape index (κ2) is 11.1. The number of guanidine groups is 1. The molecule has 0 saturated heterocycles. The SMILES string of the molecule is CCCCOCCCNC(=NC)NCCS(=O)(=O)N1CCc2ccccc21. The monoisotopic (exact) mass is 396 g/mol. The van der Waals surface area contributed by atoms with Gasteiger partial charge in [-0.25, -0.2) is 8.42 Å². The minimum Gasteiger partial charge on any atom is -0.381 e. The molecule has 1 aromatic rings. The maximum absolute atomic E-state index is 12.7. The van der Waals surface area contributed by atoms with E-state index in [1.807, 2.05) is 24.3 Å². The van der Waals surface area contributed by atoms with Gasteiger partial charge in [0, 0.05) is 39.9 Å². The van der Waals surface area contributed by atoms with Crippen LogP contribution in [0.3, 0.4) is 0 Å². The fourth-order valence-corrected chi connectivity index (χ4v) is 4.38. The number of nitrogens with zero attached hydrogens (tertiary/aromatic N) is 2. The van der Waals surface area contributed by atoms with Crippen LogP contribution in [0.15, 0.2) is 29.3 Å². The van der Waals surface area contributed by atoms with E-state index in [-0.39, 0.29) is 5.75 Å². The van der Waals surface area contributed by atoms with E-state index < -0.39 is 10.0 Å². The molecule has 1 heterocycles. The number of unbranched alkanes of at least 4 members (excludes halogenated alkanes) is 1. The third-order valence-electron chi connectivity index (χ3n) is 4.46. The minimum atomic E-state index is -3.35. The van der Waals surface area contributed by atoms with E-state index in [0.29, 0.717) is 25.7 Å². The molecule has 0 aromatic heterocycles. The molecule has 1 aromatic carbocycles. The lowest BCUT2D eigenvalue weighted by molar-refractivity contribution is 0.129. The zero-order chi connectivity index (χ0) is 19.5. The van der Waals surface area contributed by atoms with E-state index in [0.717, 1.165) is 50.1 Å². The van der Waals surface area contributed by atoms with Gasteiger partial charge in [-0.2, -0.15) is 0 Å². The molecule has 0 radical (unpaired) electrons. The second-order valence-electron chi connectivity index (χ2n) is 6.51. The quantitative estimate of drug-likeness (QED) is 0.338. The molecule has 1 aliphatic heterocycles. The fourth-order valence-electron chi connectivity index (χ4n) is 2.96. The van der Waals surface area contributed by atoms with Gasteiger partial charge in [0.2, 0.25) is 10.0 Å². The number of anilines is 1. The maximum Gasteiger partial charge on any atom is 0.236 e. The summed E-state index contributed by atoms with van der Waals surface area (Å²) in [6, 6.07) is 7.68. The lowest BCUT2D eigenvalue weighted by Gasteiger charge is -2.20. The number of benzene rings is 1. The summed E-state index contributed by atoms with van der Waals surface area (Å²) in [4.78, 5) is 4.13. The first-order chi connectivity index (χ1) is 13.1. The predicted molar refractivity (Wildman–Crippen MR) is 111 cm³/mol. The van der Waals surface area contributed by atoms with Crippen LogP contribution in [0.25, 0.3) is 0 Å². The molecule has 0 aliphatic carbocycles. The van der Waals surface area contributed by atoms with Gasteiger partial charge in [-0.1, -0.05) is 31.5 Å². The zero-order valence-corrected chi connectivity index (χ0v) is 17.2. The lowest BCUT2D eigenvalue weighted by Crippen LogP contribution is -2.42. The molecule has 0 spiro atoms. The number of aliphatic imine (C=N–C) groups is 1. The Bertz CT molecular complexity index is 707. The van der Waals surface area contributed by atoms with Crippen molar-refractivity contribution in [1.29, 1.82) is 0 Å². The van der Waals surface area contributed by atoms with E-state index in [1.165, 1.54) is 4.31 Å². The first kappa shape index (κ1) is 21.5. The minimum absolute atomic E-state index is 0.0299. The van der Waals surface area contributed by atoms with Crippen LogP contribution in [0.1, 0.15) is 31.7 Å². The van der Waals surface area contributed by atoms with Crippen LogP contribution in [0.2, 0.25) is 0 Å². The summed E-state index contributed by atoms with van der Waals surface area (Å²) < 4.78 is 32.4. The Labute approximate surface area is 163 Å². The third kappa shape index (κ3) is 6.70. The van der Waals surface area contributed by atoms with E-state index >= 15 is 0 Å². The molecular formula is C19H32N4O3S. The van der Waals surface area contributed by atoms with Gasteiger partial charge in [0.05, 0.1) is 11.4 Å². The van der Waals surface area contributed by atoms with Crippen molar-refractivity contribution in [2.75, 3.05) is 50.0 Å². The lowest BCUT2D eigenvalue weighted by atomic mass is 10.2. The van der Waals surface area contributed by atoms with Crippen molar-refractivity contribution >= 4 is 21.7 Å². The van der Waals surface area contributed by atoms with Crippen molar-refractivity contribution < 1.29 is 13.2 Å². The van der Waals surface area contributed by atoms with Crippen LogP contribution in [0.4, 0.5) is 5.69 Å². The van der Waals surface area contributed by atoms with Gasteiger partial charge >= 0.3 is 0 Å². The van der Waals surface area contributed by atoms with Crippen LogP contribution < -0.4 is 14.9 Å². The number of hydrogen-bond donors (Lipinski definition) is 2. The number of hydrogen-bond acceptors (Lipinski definition) is 4. The Hall–Kier alpha value is -1.80. The van der Waals surface area contributed by atoms with Crippen molar-refractivity contribution in [3.05, 3.63) is 29.8 Å². The standard InChI is InChI=1S/C19H32N4O3S/c1-3-4-14-26-15-7-11-21-19(20-2)22-12-16-27(24,25)23-13-10-17-8-5-6-9-18(17)23/h5-6,8-9H,3-4,7,10-16H2,1-2H3,(H2,20,21,22). The summed E-state index contributed by atoms with van der Waals surface area (Å²) in [6.45, 7) is 5.23. The van der Waals surface area contributed by atoms with Crippen LogP contribution >= 0.6 is 0 Å². The fraction of sp³-hybridized carbons (Fsp3) is 0.632. The molecule has 152 valence electrons. The van der Waals surface area contributed by atoms with E-state index in [2.05, 4.69) is 22.5 Å². The number of para-hydroxylation sites is 1. The third-order valence-corrected chi connectivity index (χ3v) is 6.23. The van der Waals surface area contributed by atoms with E-state index in [4.69, 9.17) is 4.74 Å². The molecule has 0 atom stereocenters. The molecule has 0 bridgehead atoms. The Morgan fingerprint density at radius 2 is 1.93 bits per heavy atom. The Kier molecular flexibility index (Phi) is 8.87. The average Bonchev–Trinajstić information content (AvgIpc) is 3.11. The summed E-state index contributed by atoms with van der Waals surface area (Å²) in [6.07, 6.45) is 3.88. The highest BCUT2D eigenvalue weighted by Crippen LogP contribution is 2.29. The van der Waals surface area contributed by atoms with Gasteiger partial charge < -0.3 is 15.4 Å². The van der Waals surface area contributed by atoms with Crippen molar-refractivity contribution in [3.8, 4) is 0 Å². The van der Waals surface area contributed by atoms with E-state index in [1.54, 1.807) is 7.05 Å². The second-order valence-corrected chi connectivity index (χ2v) is 8.52. The van der Waals surface area contributed by atoms with Gasteiger partial charge in [0.15, 0.2) is 5.96 Å². The van der Waals surface area contributed by atoms with Crippen LogP contribution in [-0.4, -0.2) is 60.0 Å². The van der Waals surface area contributed by atoms with Crippen molar-refractivity contribution in [1.82, 2.24) is 10.6 Å². The number of nitrogens with one attached hydrogen (secondary N) is 2. The first-order valence-electron chi connectivity index (χ1n) is 9.69. The van der Waals surface area contributed by atoms with Crippen LogP contribution in [0.5, 0.6) is 0 Å². The topological polar surface area (TPSA) is 83.0 Å². The van der Waals surface area contributed by atoms with Crippen LogP contribution in [-0.2, 0) is 21.2 Å². The van der Waals surface area contributed by atoms with Crippen molar-refractivity contribution in [2.45, 2.75) is 32.6 Å². The van der Waals surface area contributed by atoms with Gasteiger partial charge in [-0.05, 0) is 30.9 Å². The first-order valence-corrected chi connectivity index (χ1v) is 11.3. The number of rotatable bonds is 11. The summed E-state index contributed by atoms with van der Waals surface area (Å²) in [5.74, 6) is 0.642.